The zero-order valence-electron chi connectivity index (χ0n) is 12.4. The fourth-order valence-corrected chi connectivity index (χ4v) is 2.53. The van der Waals surface area contributed by atoms with Gasteiger partial charge in [-0.3, -0.25) is 0 Å². The minimum atomic E-state index is -0.170. The van der Waals surface area contributed by atoms with E-state index in [4.69, 9.17) is 15.2 Å². The molecule has 0 fully saturated rings. The van der Waals surface area contributed by atoms with E-state index >= 15 is 0 Å². The molecule has 0 bridgehead atoms. The summed E-state index contributed by atoms with van der Waals surface area (Å²) < 4.78 is 10.6. The van der Waals surface area contributed by atoms with Gasteiger partial charge in [0.25, 0.3) is 0 Å². The number of hydrogen-bond donors (Lipinski definition) is 1. The molecule has 0 aliphatic heterocycles. The Balaban J connectivity index is 2.46. The Hall–Kier alpha value is -2.00. The average Bonchev–Trinajstić information content (AvgIpc) is 2.46. The van der Waals surface area contributed by atoms with Crippen molar-refractivity contribution in [2.24, 2.45) is 5.73 Å². The standard InChI is InChI=1S/C17H21NO2/c1-11-6-5-7-12(2)16(11)17(18)13-8-9-14(19-3)15(10-13)20-4/h5-10,17H,18H2,1-4H3. The van der Waals surface area contributed by atoms with Gasteiger partial charge in [-0.05, 0) is 48.2 Å². The van der Waals surface area contributed by atoms with Gasteiger partial charge in [-0.25, -0.2) is 0 Å². The lowest BCUT2D eigenvalue weighted by molar-refractivity contribution is 0.354. The summed E-state index contributed by atoms with van der Waals surface area (Å²) in [5.41, 5.74) is 11.0. The smallest absolute Gasteiger partial charge is 0.161 e. The van der Waals surface area contributed by atoms with Gasteiger partial charge in [-0.1, -0.05) is 24.3 Å². The predicted octanol–water partition coefficient (Wildman–Crippen LogP) is 3.37. The van der Waals surface area contributed by atoms with Gasteiger partial charge in [0.2, 0.25) is 0 Å². The van der Waals surface area contributed by atoms with E-state index < -0.39 is 0 Å². The van der Waals surface area contributed by atoms with Crippen molar-refractivity contribution in [1.29, 1.82) is 0 Å². The summed E-state index contributed by atoms with van der Waals surface area (Å²) in [5, 5.41) is 0. The van der Waals surface area contributed by atoms with Crippen molar-refractivity contribution >= 4 is 0 Å². The van der Waals surface area contributed by atoms with E-state index in [9.17, 15) is 0 Å². The van der Waals surface area contributed by atoms with Gasteiger partial charge >= 0.3 is 0 Å². The van der Waals surface area contributed by atoms with Crippen LogP contribution in [0.5, 0.6) is 11.5 Å². The summed E-state index contributed by atoms with van der Waals surface area (Å²) in [4.78, 5) is 0. The van der Waals surface area contributed by atoms with Crippen molar-refractivity contribution in [3.05, 3.63) is 58.7 Å². The van der Waals surface area contributed by atoms with Crippen LogP contribution in [0.1, 0.15) is 28.3 Å². The maximum absolute atomic E-state index is 6.44. The van der Waals surface area contributed by atoms with E-state index in [1.807, 2.05) is 18.2 Å². The molecule has 2 aromatic rings. The Morgan fingerprint density at radius 3 is 2.05 bits per heavy atom. The second-order valence-corrected chi connectivity index (χ2v) is 4.90. The van der Waals surface area contributed by atoms with Crippen LogP contribution in [0.15, 0.2) is 36.4 Å². The highest BCUT2D eigenvalue weighted by Crippen LogP contribution is 2.33. The number of ether oxygens (including phenoxy) is 2. The molecule has 2 N–H and O–H groups in total. The van der Waals surface area contributed by atoms with Crippen LogP contribution in [-0.4, -0.2) is 14.2 Å². The minimum absolute atomic E-state index is 0.170. The molecule has 0 aliphatic carbocycles. The quantitative estimate of drug-likeness (QED) is 0.927. The van der Waals surface area contributed by atoms with Crippen LogP contribution in [0.2, 0.25) is 0 Å². The minimum Gasteiger partial charge on any atom is -0.493 e. The lowest BCUT2D eigenvalue weighted by Crippen LogP contribution is -2.15. The summed E-state index contributed by atoms with van der Waals surface area (Å²) in [5.74, 6) is 1.41. The molecule has 0 saturated carbocycles. The van der Waals surface area contributed by atoms with Gasteiger partial charge in [0.1, 0.15) is 0 Å². The van der Waals surface area contributed by atoms with Crippen LogP contribution >= 0.6 is 0 Å². The summed E-state index contributed by atoms with van der Waals surface area (Å²) in [6, 6.07) is 11.9. The number of methoxy groups -OCH3 is 2. The topological polar surface area (TPSA) is 44.5 Å². The highest BCUT2D eigenvalue weighted by Gasteiger charge is 2.16. The molecule has 0 radical (unpaired) electrons. The molecule has 3 nitrogen and oxygen atoms in total. The summed E-state index contributed by atoms with van der Waals surface area (Å²) in [6.07, 6.45) is 0. The Kier molecular flexibility index (Phi) is 4.30. The third-order valence-electron chi connectivity index (χ3n) is 3.62. The van der Waals surface area contributed by atoms with Gasteiger partial charge in [-0.15, -0.1) is 0 Å². The van der Waals surface area contributed by atoms with E-state index in [-0.39, 0.29) is 6.04 Å². The summed E-state index contributed by atoms with van der Waals surface area (Å²) in [7, 11) is 3.26. The van der Waals surface area contributed by atoms with Crippen LogP contribution in [0.3, 0.4) is 0 Å². The van der Waals surface area contributed by atoms with Crippen molar-refractivity contribution < 1.29 is 9.47 Å². The first-order chi connectivity index (χ1) is 9.58. The van der Waals surface area contributed by atoms with Crippen LogP contribution in [-0.2, 0) is 0 Å². The molecule has 3 heteroatoms. The van der Waals surface area contributed by atoms with Crippen LogP contribution in [0.25, 0.3) is 0 Å². The number of hydrogen-bond acceptors (Lipinski definition) is 3. The van der Waals surface area contributed by atoms with E-state index in [1.54, 1.807) is 14.2 Å². The number of benzene rings is 2. The maximum atomic E-state index is 6.44. The molecule has 0 saturated heterocycles. The fourth-order valence-electron chi connectivity index (χ4n) is 2.53. The molecule has 0 aliphatic rings. The van der Waals surface area contributed by atoms with Crippen LogP contribution in [0.4, 0.5) is 0 Å². The first-order valence-corrected chi connectivity index (χ1v) is 6.62. The van der Waals surface area contributed by atoms with Crippen molar-refractivity contribution in [3.63, 3.8) is 0 Å². The van der Waals surface area contributed by atoms with E-state index in [2.05, 4.69) is 32.0 Å². The highest BCUT2D eigenvalue weighted by molar-refractivity contribution is 5.48. The molecule has 106 valence electrons. The van der Waals surface area contributed by atoms with Crippen molar-refractivity contribution in [3.8, 4) is 11.5 Å². The monoisotopic (exact) mass is 271 g/mol. The predicted molar refractivity (Wildman–Crippen MR) is 81.5 cm³/mol. The van der Waals surface area contributed by atoms with Crippen molar-refractivity contribution in [1.82, 2.24) is 0 Å². The molecule has 0 spiro atoms. The van der Waals surface area contributed by atoms with Gasteiger partial charge in [0, 0.05) is 0 Å². The van der Waals surface area contributed by atoms with E-state index in [0.717, 1.165) is 5.56 Å². The van der Waals surface area contributed by atoms with E-state index in [1.165, 1.54) is 16.7 Å². The van der Waals surface area contributed by atoms with Crippen molar-refractivity contribution in [2.45, 2.75) is 19.9 Å². The molecular weight excluding hydrogens is 250 g/mol. The molecule has 0 aromatic heterocycles. The average molecular weight is 271 g/mol. The SMILES string of the molecule is COc1ccc(C(N)c2c(C)cccc2C)cc1OC. The Labute approximate surface area is 120 Å². The number of nitrogens with two attached hydrogens (primary N) is 1. The molecule has 1 atom stereocenters. The maximum Gasteiger partial charge on any atom is 0.161 e. The van der Waals surface area contributed by atoms with Crippen molar-refractivity contribution in [2.75, 3.05) is 14.2 Å². The Morgan fingerprint density at radius 1 is 0.900 bits per heavy atom. The second-order valence-electron chi connectivity index (χ2n) is 4.90. The summed E-state index contributed by atoms with van der Waals surface area (Å²) >= 11 is 0. The van der Waals surface area contributed by atoms with Crippen LogP contribution in [0, 0.1) is 13.8 Å². The molecule has 2 aromatic carbocycles. The molecule has 0 amide bonds. The van der Waals surface area contributed by atoms with Gasteiger partial charge in [0.05, 0.1) is 20.3 Å². The zero-order chi connectivity index (χ0) is 14.7. The third kappa shape index (κ3) is 2.63. The van der Waals surface area contributed by atoms with E-state index in [0.29, 0.717) is 11.5 Å². The molecular formula is C17H21NO2. The third-order valence-corrected chi connectivity index (χ3v) is 3.62. The molecule has 2 rings (SSSR count). The normalized spacial score (nSPS) is 12.1. The first-order valence-electron chi connectivity index (χ1n) is 6.62. The molecule has 20 heavy (non-hydrogen) atoms. The highest BCUT2D eigenvalue weighted by atomic mass is 16.5. The number of rotatable bonds is 4. The second kappa shape index (κ2) is 5.97. The van der Waals surface area contributed by atoms with Gasteiger partial charge < -0.3 is 15.2 Å². The Bertz CT molecular complexity index is 588. The lowest BCUT2D eigenvalue weighted by Gasteiger charge is -2.19. The largest absolute Gasteiger partial charge is 0.493 e. The Morgan fingerprint density at radius 2 is 1.50 bits per heavy atom. The lowest BCUT2D eigenvalue weighted by atomic mass is 9.92. The summed E-state index contributed by atoms with van der Waals surface area (Å²) in [6.45, 7) is 4.17. The molecule has 0 heterocycles. The first kappa shape index (κ1) is 14.4. The zero-order valence-corrected chi connectivity index (χ0v) is 12.4. The number of aryl methyl sites for hydroxylation is 2. The van der Waals surface area contributed by atoms with Gasteiger partial charge in [-0.2, -0.15) is 0 Å². The molecule has 1 unspecified atom stereocenters. The van der Waals surface area contributed by atoms with Crippen LogP contribution < -0.4 is 15.2 Å². The van der Waals surface area contributed by atoms with Gasteiger partial charge in [0.15, 0.2) is 11.5 Å². The fraction of sp³-hybridized carbons (Fsp3) is 0.294.